The standard InChI is InChI=1S/C11H6N4O/c12-5-8-4-10(15-14-8)7-1-2-9-11(3-7)16-6-13-9/h1-4,6H,(H,14,15). The molecule has 1 aromatic carbocycles. The summed E-state index contributed by atoms with van der Waals surface area (Å²) in [5, 5.41) is 15.3. The van der Waals surface area contributed by atoms with Crippen LogP contribution in [0.15, 0.2) is 35.1 Å². The van der Waals surface area contributed by atoms with E-state index in [-0.39, 0.29) is 0 Å². The highest BCUT2D eigenvalue weighted by atomic mass is 16.3. The van der Waals surface area contributed by atoms with Crippen molar-refractivity contribution in [3.8, 4) is 17.3 Å². The molecule has 0 fully saturated rings. The normalized spacial score (nSPS) is 10.4. The van der Waals surface area contributed by atoms with Crippen LogP contribution in [-0.2, 0) is 0 Å². The van der Waals surface area contributed by atoms with Gasteiger partial charge in [0, 0.05) is 11.6 Å². The van der Waals surface area contributed by atoms with E-state index >= 15 is 0 Å². The third-order valence-electron chi connectivity index (χ3n) is 2.33. The summed E-state index contributed by atoms with van der Waals surface area (Å²) in [6, 6.07) is 9.29. The van der Waals surface area contributed by atoms with E-state index in [0.717, 1.165) is 16.8 Å². The molecule has 2 aromatic heterocycles. The van der Waals surface area contributed by atoms with E-state index in [1.807, 2.05) is 24.3 Å². The predicted octanol–water partition coefficient (Wildman–Crippen LogP) is 2.09. The lowest BCUT2D eigenvalue weighted by atomic mass is 10.1. The minimum absolute atomic E-state index is 0.368. The number of aromatic nitrogens is 3. The van der Waals surface area contributed by atoms with Gasteiger partial charge in [-0.1, -0.05) is 6.07 Å². The Kier molecular flexibility index (Phi) is 1.74. The van der Waals surface area contributed by atoms with Crippen LogP contribution >= 0.6 is 0 Å². The van der Waals surface area contributed by atoms with E-state index in [9.17, 15) is 0 Å². The highest BCUT2D eigenvalue weighted by Crippen LogP contribution is 2.22. The second kappa shape index (κ2) is 3.21. The Hall–Kier alpha value is -2.61. The van der Waals surface area contributed by atoms with Crippen molar-refractivity contribution in [2.24, 2.45) is 0 Å². The number of nitrogens with zero attached hydrogens (tertiary/aromatic N) is 3. The van der Waals surface area contributed by atoms with Gasteiger partial charge in [0.25, 0.3) is 0 Å². The van der Waals surface area contributed by atoms with Crippen molar-refractivity contribution in [2.45, 2.75) is 0 Å². The van der Waals surface area contributed by atoms with Crippen LogP contribution in [0, 0.1) is 11.3 Å². The Morgan fingerprint density at radius 2 is 2.25 bits per heavy atom. The Balaban J connectivity index is 2.14. The number of aromatic amines is 1. The lowest BCUT2D eigenvalue weighted by Crippen LogP contribution is -1.77. The summed E-state index contributed by atoms with van der Waals surface area (Å²) in [5.41, 5.74) is 3.59. The second-order valence-corrected chi connectivity index (χ2v) is 3.31. The van der Waals surface area contributed by atoms with E-state index in [2.05, 4.69) is 15.2 Å². The van der Waals surface area contributed by atoms with Gasteiger partial charge >= 0.3 is 0 Å². The zero-order valence-corrected chi connectivity index (χ0v) is 8.14. The lowest BCUT2D eigenvalue weighted by Gasteiger charge is -1.95. The van der Waals surface area contributed by atoms with E-state index < -0.39 is 0 Å². The minimum Gasteiger partial charge on any atom is -0.443 e. The third-order valence-corrected chi connectivity index (χ3v) is 2.33. The van der Waals surface area contributed by atoms with Crippen LogP contribution in [0.1, 0.15) is 5.69 Å². The molecule has 0 aliphatic rings. The topological polar surface area (TPSA) is 78.5 Å². The van der Waals surface area contributed by atoms with Gasteiger partial charge in [-0.3, -0.25) is 5.10 Å². The number of nitriles is 1. The van der Waals surface area contributed by atoms with E-state index in [0.29, 0.717) is 11.3 Å². The van der Waals surface area contributed by atoms with Gasteiger partial charge in [0.1, 0.15) is 11.6 Å². The molecule has 5 nitrogen and oxygen atoms in total. The first-order valence-corrected chi connectivity index (χ1v) is 4.66. The fourth-order valence-electron chi connectivity index (χ4n) is 1.55. The highest BCUT2D eigenvalue weighted by Gasteiger charge is 2.05. The van der Waals surface area contributed by atoms with Gasteiger partial charge in [0.05, 0.1) is 5.69 Å². The van der Waals surface area contributed by atoms with Gasteiger partial charge in [-0.2, -0.15) is 10.4 Å². The van der Waals surface area contributed by atoms with Crippen LogP contribution in [-0.4, -0.2) is 15.2 Å². The molecule has 0 unspecified atom stereocenters. The summed E-state index contributed by atoms with van der Waals surface area (Å²) in [7, 11) is 0. The van der Waals surface area contributed by atoms with Crippen LogP contribution < -0.4 is 0 Å². The highest BCUT2D eigenvalue weighted by molar-refractivity contribution is 5.79. The lowest BCUT2D eigenvalue weighted by molar-refractivity contribution is 0.602. The van der Waals surface area contributed by atoms with Crippen molar-refractivity contribution in [1.82, 2.24) is 15.2 Å². The zero-order chi connectivity index (χ0) is 11.0. The number of hydrogen-bond acceptors (Lipinski definition) is 4. The largest absolute Gasteiger partial charge is 0.443 e. The fourth-order valence-corrected chi connectivity index (χ4v) is 1.55. The molecular weight excluding hydrogens is 204 g/mol. The number of oxazole rings is 1. The summed E-state index contributed by atoms with van der Waals surface area (Å²) in [5.74, 6) is 0. The average molecular weight is 210 g/mol. The van der Waals surface area contributed by atoms with Gasteiger partial charge in [-0.25, -0.2) is 4.98 Å². The Morgan fingerprint density at radius 3 is 3.06 bits per heavy atom. The monoisotopic (exact) mass is 210 g/mol. The molecule has 0 saturated carbocycles. The molecule has 3 aromatic rings. The number of hydrogen-bond donors (Lipinski definition) is 1. The van der Waals surface area contributed by atoms with Crippen molar-refractivity contribution in [1.29, 1.82) is 5.26 Å². The van der Waals surface area contributed by atoms with Gasteiger partial charge in [0.2, 0.25) is 0 Å². The molecule has 5 heteroatoms. The van der Waals surface area contributed by atoms with Gasteiger partial charge in [-0.05, 0) is 12.1 Å². The molecule has 2 heterocycles. The van der Waals surface area contributed by atoms with Gasteiger partial charge in [-0.15, -0.1) is 0 Å². The maximum Gasteiger partial charge on any atom is 0.181 e. The van der Waals surface area contributed by atoms with Crippen molar-refractivity contribution in [2.75, 3.05) is 0 Å². The molecule has 0 radical (unpaired) electrons. The fraction of sp³-hybridized carbons (Fsp3) is 0. The first-order chi connectivity index (χ1) is 7.86. The third kappa shape index (κ3) is 1.25. The number of nitrogens with one attached hydrogen (secondary N) is 1. The maximum atomic E-state index is 8.68. The van der Waals surface area contributed by atoms with Crippen molar-refractivity contribution < 1.29 is 4.42 Å². The molecule has 0 aliphatic heterocycles. The Morgan fingerprint density at radius 1 is 1.31 bits per heavy atom. The van der Waals surface area contributed by atoms with Crippen molar-refractivity contribution >= 4 is 11.1 Å². The molecule has 0 atom stereocenters. The Labute approximate surface area is 90.3 Å². The van der Waals surface area contributed by atoms with Crippen LogP contribution in [0.3, 0.4) is 0 Å². The number of rotatable bonds is 1. The molecule has 0 saturated heterocycles. The Bertz CT molecular complexity index is 689. The molecule has 0 bridgehead atoms. The molecule has 1 N–H and O–H groups in total. The van der Waals surface area contributed by atoms with Crippen LogP contribution in [0.2, 0.25) is 0 Å². The molecule has 0 aliphatic carbocycles. The minimum atomic E-state index is 0.368. The number of fused-ring (bicyclic) bond motifs is 1. The van der Waals surface area contributed by atoms with E-state index in [1.165, 1.54) is 6.39 Å². The van der Waals surface area contributed by atoms with Crippen LogP contribution in [0.25, 0.3) is 22.4 Å². The smallest absolute Gasteiger partial charge is 0.181 e. The summed E-state index contributed by atoms with van der Waals surface area (Å²) >= 11 is 0. The number of H-pyrrole nitrogens is 1. The summed E-state index contributed by atoms with van der Waals surface area (Å²) in [4.78, 5) is 4.03. The molecule has 0 spiro atoms. The quantitative estimate of drug-likeness (QED) is 0.667. The zero-order valence-electron chi connectivity index (χ0n) is 8.14. The SMILES string of the molecule is N#Cc1cc(-c2ccc3ncoc3c2)[nH]n1. The van der Waals surface area contributed by atoms with E-state index in [1.54, 1.807) is 6.07 Å². The average Bonchev–Trinajstić information content (AvgIpc) is 2.96. The maximum absolute atomic E-state index is 8.68. The van der Waals surface area contributed by atoms with Crippen LogP contribution in [0.4, 0.5) is 0 Å². The first-order valence-electron chi connectivity index (χ1n) is 4.66. The summed E-state index contributed by atoms with van der Waals surface area (Å²) in [6.07, 6.45) is 1.40. The number of benzene rings is 1. The summed E-state index contributed by atoms with van der Waals surface area (Å²) in [6.45, 7) is 0. The first kappa shape index (κ1) is 8.68. The molecule has 16 heavy (non-hydrogen) atoms. The molecule has 0 amide bonds. The second-order valence-electron chi connectivity index (χ2n) is 3.31. The summed E-state index contributed by atoms with van der Waals surface area (Å²) < 4.78 is 5.20. The van der Waals surface area contributed by atoms with Gasteiger partial charge < -0.3 is 4.42 Å². The predicted molar refractivity (Wildman–Crippen MR) is 56.3 cm³/mol. The van der Waals surface area contributed by atoms with E-state index in [4.69, 9.17) is 9.68 Å². The van der Waals surface area contributed by atoms with Crippen LogP contribution in [0.5, 0.6) is 0 Å². The van der Waals surface area contributed by atoms with Crippen molar-refractivity contribution in [3.05, 3.63) is 36.4 Å². The van der Waals surface area contributed by atoms with Crippen molar-refractivity contribution in [3.63, 3.8) is 0 Å². The van der Waals surface area contributed by atoms with Gasteiger partial charge in [0.15, 0.2) is 17.7 Å². The molecule has 3 rings (SSSR count). The molecular formula is C11H6N4O. The molecule has 76 valence electrons.